The van der Waals surface area contributed by atoms with Crippen molar-refractivity contribution in [1.82, 2.24) is 0 Å². The second kappa shape index (κ2) is 8.54. The van der Waals surface area contributed by atoms with E-state index in [1.807, 2.05) is 30.3 Å². The van der Waals surface area contributed by atoms with Gasteiger partial charge in [0.1, 0.15) is 0 Å². The molecular formula is C26H19ClNP. The number of nitriles is 1. The summed E-state index contributed by atoms with van der Waals surface area (Å²) in [7, 11) is 0. The number of hydrogen-bond acceptors (Lipinski definition) is 1. The maximum atomic E-state index is 9.21. The van der Waals surface area contributed by atoms with Gasteiger partial charge in [0, 0.05) is 5.02 Å². The van der Waals surface area contributed by atoms with Gasteiger partial charge in [-0.05, 0) is 46.3 Å². The van der Waals surface area contributed by atoms with Crippen LogP contribution in [0, 0.1) is 11.3 Å². The highest BCUT2D eigenvalue weighted by Gasteiger charge is 2.25. The van der Waals surface area contributed by atoms with Gasteiger partial charge in [0.25, 0.3) is 0 Å². The van der Waals surface area contributed by atoms with Gasteiger partial charge in [0.2, 0.25) is 0 Å². The van der Waals surface area contributed by atoms with Crippen molar-refractivity contribution in [2.24, 2.45) is 0 Å². The van der Waals surface area contributed by atoms with E-state index in [0.717, 1.165) is 5.56 Å². The van der Waals surface area contributed by atoms with Crippen LogP contribution < -0.4 is 15.9 Å². The van der Waals surface area contributed by atoms with E-state index >= 15 is 0 Å². The molecule has 0 fully saturated rings. The van der Waals surface area contributed by atoms with Crippen LogP contribution in [0.3, 0.4) is 0 Å². The highest BCUT2D eigenvalue weighted by Crippen LogP contribution is 2.45. The lowest BCUT2D eigenvalue weighted by molar-refractivity contribution is 1.48. The highest BCUT2D eigenvalue weighted by molar-refractivity contribution is 7.94. The molecule has 0 heterocycles. The Morgan fingerprint density at radius 2 is 1.10 bits per heavy atom. The van der Waals surface area contributed by atoms with E-state index in [1.165, 1.54) is 15.9 Å². The van der Waals surface area contributed by atoms with Crippen LogP contribution in [-0.4, -0.2) is 5.80 Å². The minimum absolute atomic E-state index is 0.565. The largest absolute Gasteiger partial charge is 0.192 e. The molecule has 0 aliphatic heterocycles. The smallest absolute Gasteiger partial charge is 0.0992 e. The second-order valence-corrected chi connectivity index (χ2v) is 10.4. The van der Waals surface area contributed by atoms with Crippen LogP contribution in [-0.2, 0) is 0 Å². The van der Waals surface area contributed by atoms with Crippen molar-refractivity contribution >= 4 is 40.2 Å². The van der Waals surface area contributed by atoms with Crippen LogP contribution in [0.1, 0.15) is 11.1 Å². The number of hydrogen-bond donors (Lipinski definition) is 0. The first-order valence-electron chi connectivity index (χ1n) is 9.35. The molecule has 0 aliphatic carbocycles. The van der Waals surface area contributed by atoms with Crippen LogP contribution in [0.5, 0.6) is 0 Å². The van der Waals surface area contributed by atoms with Crippen LogP contribution in [0.15, 0.2) is 109 Å². The molecule has 1 nitrogen and oxygen atoms in total. The predicted octanol–water partition coefficient (Wildman–Crippen LogP) is 5.36. The summed E-state index contributed by atoms with van der Waals surface area (Å²) >= 11 is 6.61. The zero-order valence-electron chi connectivity index (χ0n) is 15.7. The molecule has 3 heteroatoms. The van der Waals surface area contributed by atoms with Gasteiger partial charge in [-0.2, -0.15) is 5.26 Å². The first-order valence-corrected chi connectivity index (χ1v) is 11.6. The van der Waals surface area contributed by atoms with E-state index in [9.17, 15) is 5.26 Å². The number of nitrogens with zero attached hydrogens (tertiary/aromatic N) is 1. The molecule has 4 aromatic carbocycles. The first kappa shape index (κ1) is 19.3. The fraction of sp³-hybridized carbons (Fsp3) is 0. The van der Waals surface area contributed by atoms with E-state index in [-0.39, 0.29) is 0 Å². The Labute approximate surface area is 176 Å². The Bertz CT molecular complexity index is 1110. The van der Waals surface area contributed by atoms with Gasteiger partial charge < -0.3 is 0 Å². The molecule has 140 valence electrons. The molecule has 4 aromatic rings. The SMILES string of the molecule is N#Cc1ccc(C=P(c2ccccc2)(c2ccccc2)c2ccccc2)c(Cl)c1. The summed E-state index contributed by atoms with van der Waals surface area (Å²) in [6.07, 6.45) is 0. The summed E-state index contributed by atoms with van der Waals surface area (Å²) < 4.78 is 0. The second-order valence-electron chi connectivity index (χ2n) is 6.71. The average molecular weight is 412 g/mol. The van der Waals surface area contributed by atoms with Crippen molar-refractivity contribution < 1.29 is 0 Å². The van der Waals surface area contributed by atoms with Crippen LogP contribution >= 0.6 is 18.5 Å². The molecular weight excluding hydrogens is 393 g/mol. The van der Waals surface area contributed by atoms with Crippen molar-refractivity contribution in [1.29, 1.82) is 5.26 Å². The van der Waals surface area contributed by atoms with Crippen LogP contribution in [0.2, 0.25) is 5.02 Å². The molecule has 0 unspecified atom stereocenters. The molecule has 0 N–H and O–H groups in total. The van der Waals surface area contributed by atoms with Gasteiger partial charge in [-0.1, -0.05) is 109 Å². The third-order valence-electron chi connectivity index (χ3n) is 4.95. The normalized spacial score (nSPS) is 10.9. The zero-order chi connectivity index (χ0) is 20.1. The van der Waals surface area contributed by atoms with E-state index in [4.69, 9.17) is 11.6 Å². The lowest BCUT2D eigenvalue weighted by atomic mass is 10.2. The molecule has 0 spiro atoms. The molecule has 0 radical (unpaired) electrons. The molecule has 0 atom stereocenters. The monoisotopic (exact) mass is 411 g/mol. The number of benzene rings is 4. The molecule has 0 aliphatic rings. The lowest BCUT2D eigenvalue weighted by Gasteiger charge is -2.29. The Balaban J connectivity index is 2.13. The maximum absolute atomic E-state index is 9.21. The molecule has 0 saturated heterocycles. The van der Waals surface area contributed by atoms with Crippen LogP contribution in [0.4, 0.5) is 0 Å². The van der Waals surface area contributed by atoms with E-state index in [1.54, 1.807) is 6.07 Å². The molecule has 0 saturated carbocycles. The van der Waals surface area contributed by atoms with Crippen LogP contribution in [0.25, 0.3) is 0 Å². The average Bonchev–Trinajstić information content (AvgIpc) is 2.80. The molecule has 0 aromatic heterocycles. The lowest BCUT2D eigenvalue weighted by Crippen LogP contribution is -2.27. The van der Waals surface area contributed by atoms with Crippen molar-refractivity contribution in [3.63, 3.8) is 0 Å². The maximum Gasteiger partial charge on any atom is 0.0992 e. The zero-order valence-corrected chi connectivity index (χ0v) is 17.4. The summed E-state index contributed by atoms with van der Waals surface area (Å²) in [5, 5.41) is 13.6. The Morgan fingerprint density at radius 1 is 0.655 bits per heavy atom. The number of halogens is 1. The van der Waals surface area contributed by atoms with Gasteiger partial charge in [0.05, 0.1) is 11.6 Å². The minimum Gasteiger partial charge on any atom is -0.192 e. The topological polar surface area (TPSA) is 23.8 Å². The summed E-state index contributed by atoms with van der Waals surface area (Å²) in [5.74, 6) is 2.32. The third-order valence-corrected chi connectivity index (χ3v) is 9.28. The predicted molar refractivity (Wildman–Crippen MR) is 126 cm³/mol. The summed E-state index contributed by atoms with van der Waals surface area (Å²) in [6, 6.07) is 39.5. The quantitative estimate of drug-likeness (QED) is 0.415. The van der Waals surface area contributed by atoms with Gasteiger partial charge in [-0.15, -0.1) is 0 Å². The van der Waals surface area contributed by atoms with Crippen molar-refractivity contribution in [3.05, 3.63) is 125 Å². The van der Waals surface area contributed by atoms with Crippen molar-refractivity contribution in [2.75, 3.05) is 0 Å². The molecule has 29 heavy (non-hydrogen) atoms. The highest BCUT2D eigenvalue weighted by atomic mass is 35.5. The van der Waals surface area contributed by atoms with E-state index in [0.29, 0.717) is 10.6 Å². The molecule has 0 amide bonds. The van der Waals surface area contributed by atoms with Gasteiger partial charge in [-0.3, -0.25) is 0 Å². The summed E-state index contributed by atoms with van der Waals surface area (Å²) in [4.78, 5) is 0. The van der Waals surface area contributed by atoms with E-state index < -0.39 is 6.89 Å². The first-order chi connectivity index (χ1) is 14.2. The number of rotatable bonds is 4. The fourth-order valence-corrected chi connectivity index (χ4v) is 7.79. The van der Waals surface area contributed by atoms with E-state index in [2.05, 4.69) is 84.7 Å². The Morgan fingerprint density at radius 3 is 1.48 bits per heavy atom. The summed E-state index contributed by atoms with van der Waals surface area (Å²) in [6.45, 7) is -2.12. The summed E-state index contributed by atoms with van der Waals surface area (Å²) in [5.41, 5.74) is 1.51. The third kappa shape index (κ3) is 3.79. The molecule has 4 rings (SSSR count). The van der Waals surface area contributed by atoms with Gasteiger partial charge >= 0.3 is 0 Å². The molecule has 0 bridgehead atoms. The van der Waals surface area contributed by atoms with Crippen molar-refractivity contribution in [3.8, 4) is 6.07 Å². The standard InChI is InChI=1S/C26H19ClNP/c27-26-18-21(19-28)16-17-22(26)20-29(23-10-4-1-5-11-23,24-12-6-2-7-13-24)25-14-8-3-9-15-25/h1-18,20H. The Kier molecular flexibility index (Phi) is 5.68. The fourth-order valence-electron chi connectivity index (χ4n) is 3.57. The van der Waals surface area contributed by atoms with Gasteiger partial charge in [-0.25, -0.2) is 0 Å². The Hall–Kier alpha value is -3.04. The minimum atomic E-state index is -2.12. The van der Waals surface area contributed by atoms with Gasteiger partial charge in [0.15, 0.2) is 0 Å². The van der Waals surface area contributed by atoms with Crippen molar-refractivity contribution in [2.45, 2.75) is 0 Å².